The average molecular weight is 719 g/mol. The molecule has 1 heterocycles. The minimum absolute atomic E-state index is 0.0462. The molecule has 4 rings (SSSR count). The number of ether oxygens (including phenoxy) is 3. The molecule has 0 radical (unpaired) electrons. The van der Waals surface area contributed by atoms with Gasteiger partial charge in [0.25, 0.3) is 10.0 Å². The number of carbonyl (C=O) groups excluding carboxylic acids is 1. The number of anilines is 2. The van der Waals surface area contributed by atoms with E-state index in [9.17, 15) is 22.0 Å². The molecule has 0 saturated heterocycles. The van der Waals surface area contributed by atoms with Crippen molar-refractivity contribution in [1.82, 2.24) is 9.88 Å². The van der Waals surface area contributed by atoms with Crippen molar-refractivity contribution in [1.29, 1.82) is 0 Å². The van der Waals surface area contributed by atoms with Gasteiger partial charge in [0, 0.05) is 30.6 Å². The van der Waals surface area contributed by atoms with Gasteiger partial charge in [-0.25, -0.2) is 26.9 Å². The maximum atomic E-state index is 15.8. The number of nitrogens with zero attached hydrogens (tertiary/aromatic N) is 3. The van der Waals surface area contributed by atoms with E-state index in [2.05, 4.69) is 10.3 Å². The van der Waals surface area contributed by atoms with Gasteiger partial charge in [-0.15, -0.1) is 0 Å². The van der Waals surface area contributed by atoms with Crippen LogP contribution in [0.1, 0.15) is 45.6 Å². The zero-order chi connectivity index (χ0) is 34.7. The average Bonchev–Trinajstić information content (AvgIpc) is 3.67. The zero-order valence-corrected chi connectivity index (χ0v) is 29.3. The van der Waals surface area contributed by atoms with E-state index in [4.69, 9.17) is 25.8 Å². The Labute approximate surface area is 281 Å². The molecule has 1 fully saturated rings. The molecule has 0 bridgehead atoms. The summed E-state index contributed by atoms with van der Waals surface area (Å²) in [4.78, 5) is 17.3. The van der Waals surface area contributed by atoms with Crippen molar-refractivity contribution in [2.75, 3.05) is 44.1 Å². The summed E-state index contributed by atoms with van der Waals surface area (Å²) in [5, 5.41) is 1.87. The first-order valence-corrected chi connectivity index (χ1v) is 17.3. The molecule has 0 aliphatic heterocycles. The van der Waals surface area contributed by atoms with E-state index in [0.29, 0.717) is 41.9 Å². The SMILES string of the molecule is COc1ccc(CN(c2ncc(F)s2)S(=O)(=O)c2cc(Cl)c(NC[C@@H](CC3(CF)CC3)N(C)C(=O)OC(C)(C)C)cc2F)c(OC)c1. The fourth-order valence-corrected chi connectivity index (χ4v) is 7.48. The molecule has 1 aliphatic carbocycles. The topological polar surface area (TPSA) is 110 Å². The van der Waals surface area contributed by atoms with Crippen LogP contribution in [-0.2, 0) is 21.3 Å². The van der Waals surface area contributed by atoms with Crippen LogP contribution in [0.4, 0.5) is 28.8 Å². The van der Waals surface area contributed by atoms with Crippen LogP contribution in [0.3, 0.4) is 0 Å². The Morgan fingerprint density at radius 1 is 1.17 bits per heavy atom. The summed E-state index contributed by atoms with van der Waals surface area (Å²) in [6.45, 7) is 4.31. The number of hydrogen-bond donors (Lipinski definition) is 1. The third-order valence-corrected chi connectivity index (χ3v) is 10.7. The molecular weight excluding hydrogens is 681 g/mol. The van der Waals surface area contributed by atoms with Gasteiger partial charge in [0.1, 0.15) is 27.8 Å². The summed E-state index contributed by atoms with van der Waals surface area (Å²) in [6, 6.07) is 6.03. The molecule has 1 amide bonds. The van der Waals surface area contributed by atoms with Crippen molar-refractivity contribution in [3.05, 3.63) is 58.1 Å². The largest absolute Gasteiger partial charge is 0.497 e. The summed E-state index contributed by atoms with van der Waals surface area (Å²) >= 11 is 6.97. The molecule has 16 heteroatoms. The van der Waals surface area contributed by atoms with Crippen LogP contribution < -0.4 is 19.1 Å². The van der Waals surface area contributed by atoms with E-state index in [-0.39, 0.29) is 34.7 Å². The number of likely N-dealkylation sites (N-methyl/N-ethyl adjacent to an activating group) is 1. The predicted octanol–water partition coefficient (Wildman–Crippen LogP) is 7.27. The molecule has 1 atom stereocenters. The van der Waals surface area contributed by atoms with Gasteiger partial charge in [0.05, 0.1) is 50.4 Å². The summed E-state index contributed by atoms with van der Waals surface area (Å²) in [5.41, 5.74) is -0.884. The van der Waals surface area contributed by atoms with Crippen molar-refractivity contribution < 1.29 is 40.6 Å². The molecule has 0 spiro atoms. The van der Waals surface area contributed by atoms with E-state index in [0.717, 1.165) is 22.6 Å². The van der Waals surface area contributed by atoms with Gasteiger partial charge in [-0.1, -0.05) is 22.9 Å². The fraction of sp³-hybridized carbons (Fsp3) is 0.484. The van der Waals surface area contributed by atoms with Gasteiger partial charge in [0.15, 0.2) is 5.13 Å². The molecule has 1 saturated carbocycles. The highest BCUT2D eigenvalue weighted by Gasteiger charge is 2.46. The first-order chi connectivity index (χ1) is 22.0. The van der Waals surface area contributed by atoms with E-state index < -0.39 is 55.7 Å². The van der Waals surface area contributed by atoms with Crippen LogP contribution >= 0.6 is 22.9 Å². The zero-order valence-electron chi connectivity index (χ0n) is 26.9. The molecule has 1 aliphatic rings. The van der Waals surface area contributed by atoms with Gasteiger partial charge in [-0.2, -0.15) is 4.39 Å². The first-order valence-electron chi connectivity index (χ1n) is 14.6. The number of benzene rings is 2. The van der Waals surface area contributed by atoms with Gasteiger partial charge in [0.2, 0.25) is 5.13 Å². The number of nitrogens with one attached hydrogen (secondary N) is 1. The minimum Gasteiger partial charge on any atom is -0.497 e. The molecule has 3 aromatic rings. The number of thiazole rings is 1. The monoisotopic (exact) mass is 718 g/mol. The minimum atomic E-state index is -4.71. The lowest BCUT2D eigenvalue weighted by Crippen LogP contribution is -2.45. The van der Waals surface area contributed by atoms with Gasteiger partial charge >= 0.3 is 6.09 Å². The van der Waals surface area contributed by atoms with Gasteiger partial charge in [-0.3, -0.25) is 4.39 Å². The number of carbonyl (C=O) groups is 1. The van der Waals surface area contributed by atoms with Crippen molar-refractivity contribution in [3.8, 4) is 11.5 Å². The Kier molecular flexibility index (Phi) is 11.1. The second-order valence-electron chi connectivity index (χ2n) is 12.4. The van der Waals surface area contributed by atoms with Crippen LogP contribution in [-0.4, -0.2) is 70.5 Å². The number of alkyl halides is 1. The quantitative estimate of drug-likeness (QED) is 0.185. The number of amides is 1. The summed E-state index contributed by atoms with van der Waals surface area (Å²) in [5.74, 6) is -0.399. The fourth-order valence-electron chi connectivity index (χ4n) is 4.86. The highest BCUT2D eigenvalue weighted by Crippen LogP contribution is 2.50. The maximum absolute atomic E-state index is 15.8. The number of rotatable bonds is 14. The molecule has 1 aromatic heterocycles. The third-order valence-electron chi connectivity index (χ3n) is 7.74. The van der Waals surface area contributed by atoms with Crippen LogP contribution in [0.5, 0.6) is 11.5 Å². The van der Waals surface area contributed by atoms with Crippen LogP contribution in [0.15, 0.2) is 41.4 Å². The Hall–Kier alpha value is -3.43. The van der Waals surface area contributed by atoms with Gasteiger partial charge in [-0.05, 0) is 64.3 Å². The molecular formula is C31H38ClF3N4O6S2. The Morgan fingerprint density at radius 2 is 1.87 bits per heavy atom. The lowest BCUT2D eigenvalue weighted by Gasteiger charge is -2.33. The molecule has 258 valence electrons. The number of sulfonamides is 1. The predicted molar refractivity (Wildman–Crippen MR) is 175 cm³/mol. The smallest absolute Gasteiger partial charge is 0.410 e. The highest BCUT2D eigenvalue weighted by molar-refractivity contribution is 7.93. The van der Waals surface area contributed by atoms with E-state index in [1.54, 1.807) is 46.0 Å². The normalized spacial score (nSPS) is 14.7. The number of methoxy groups -OCH3 is 2. The molecule has 47 heavy (non-hydrogen) atoms. The second-order valence-corrected chi connectivity index (χ2v) is 15.6. The van der Waals surface area contributed by atoms with Crippen molar-refractivity contribution in [2.24, 2.45) is 5.41 Å². The molecule has 10 nitrogen and oxygen atoms in total. The molecule has 1 N–H and O–H groups in total. The highest BCUT2D eigenvalue weighted by atomic mass is 35.5. The third kappa shape index (κ3) is 8.73. The maximum Gasteiger partial charge on any atom is 0.410 e. The van der Waals surface area contributed by atoms with Crippen molar-refractivity contribution >= 4 is 49.9 Å². The molecule has 2 aromatic carbocycles. The van der Waals surface area contributed by atoms with E-state index in [1.807, 2.05) is 0 Å². The first kappa shape index (κ1) is 36.4. The molecule has 0 unspecified atom stereocenters. The lowest BCUT2D eigenvalue weighted by atomic mass is 9.97. The number of halogens is 4. The summed E-state index contributed by atoms with van der Waals surface area (Å²) in [7, 11) is -0.318. The van der Waals surface area contributed by atoms with Crippen LogP contribution in [0, 0.1) is 16.4 Å². The Balaban J connectivity index is 1.63. The number of aromatic nitrogens is 1. The van der Waals surface area contributed by atoms with E-state index in [1.165, 1.54) is 19.1 Å². The summed E-state index contributed by atoms with van der Waals surface area (Å²) < 4.78 is 88.5. The van der Waals surface area contributed by atoms with Crippen molar-refractivity contribution in [2.45, 2.75) is 63.1 Å². The Bertz CT molecular complexity index is 1700. The van der Waals surface area contributed by atoms with Crippen LogP contribution in [0.25, 0.3) is 0 Å². The standard InChI is InChI=1S/C31H38ClF3N4O6S2/c1-30(2,3)45-29(40)38(4)20(14-31(18-33)9-10-31)15-36-24-13-23(34)26(12-22(24)32)47(41,42)39(28-37-16-27(35)46-28)17-19-7-8-21(43-5)11-25(19)44-6/h7-8,11-13,16,20,36H,9-10,14-15,17-18H2,1-6H3/t20-/m1/s1. The van der Waals surface area contributed by atoms with E-state index >= 15 is 4.39 Å². The lowest BCUT2D eigenvalue weighted by molar-refractivity contribution is 0.0203. The van der Waals surface area contributed by atoms with Crippen LogP contribution in [0.2, 0.25) is 5.02 Å². The summed E-state index contributed by atoms with van der Waals surface area (Å²) in [6.07, 6.45) is 1.93. The second kappa shape index (κ2) is 14.4. The Morgan fingerprint density at radius 3 is 2.43 bits per heavy atom. The number of hydrogen-bond acceptors (Lipinski definition) is 9. The van der Waals surface area contributed by atoms with Gasteiger partial charge < -0.3 is 24.4 Å². The van der Waals surface area contributed by atoms with Crippen molar-refractivity contribution in [3.63, 3.8) is 0 Å².